The zero-order valence-electron chi connectivity index (χ0n) is 13.9. The second-order valence-electron chi connectivity index (χ2n) is 5.71. The van der Waals surface area contributed by atoms with Crippen molar-refractivity contribution in [2.24, 2.45) is 0 Å². The number of esters is 2. The van der Waals surface area contributed by atoms with Gasteiger partial charge < -0.3 is 9.47 Å². The molecule has 0 aliphatic heterocycles. The number of rotatable bonds is 3. The molecule has 1 aliphatic carbocycles. The standard InChI is InChI=1S/C19H13ClO6/c1-10(21)25-16-9-12(20)7-8-15(16)19(26-11(2)22)17(23)13-5-3-4-6-14(13)18(19)24/h3-9H,1-2H3. The van der Waals surface area contributed by atoms with Crippen molar-refractivity contribution in [1.29, 1.82) is 0 Å². The van der Waals surface area contributed by atoms with Gasteiger partial charge in [-0.1, -0.05) is 35.9 Å². The number of benzene rings is 2. The first-order chi connectivity index (χ1) is 12.3. The molecule has 2 aromatic carbocycles. The number of fused-ring (bicyclic) bond motifs is 1. The minimum atomic E-state index is -2.26. The summed E-state index contributed by atoms with van der Waals surface area (Å²) in [7, 11) is 0. The highest BCUT2D eigenvalue weighted by atomic mass is 35.5. The normalized spacial score (nSPS) is 14.7. The summed E-state index contributed by atoms with van der Waals surface area (Å²) in [5.41, 5.74) is -2.06. The van der Waals surface area contributed by atoms with Crippen LogP contribution in [0.15, 0.2) is 42.5 Å². The molecule has 0 saturated heterocycles. The molecule has 0 fully saturated rings. The lowest BCUT2D eigenvalue weighted by molar-refractivity contribution is -0.149. The molecule has 0 unspecified atom stereocenters. The van der Waals surface area contributed by atoms with Gasteiger partial charge in [-0.2, -0.15) is 0 Å². The maximum absolute atomic E-state index is 13.1. The van der Waals surface area contributed by atoms with Gasteiger partial charge in [-0.15, -0.1) is 0 Å². The number of halogens is 1. The van der Waals surface area contributed by atoms with E-state index in [1.807, 2.05) is 0 Å². The van der Waals surface area contributed by atoms with Gasteiger partial charge in [0.05, 0.1) is 5.56 Å². The number of ketones is 2. The Hall–Kier alpha value is -2.99. The zero-order chi connectivity index (χ0) is 19.1. The molecule has 3 rings (SSSR count). The van der Waals surface area contributed by atoms with E-state index >= 15 is 0 Å². The molecule has 0 N–H and O–H groups in total. The van der Waals surface area contributed by atoms with Crippen molar-refractivity contribution >= 4 is 35.1 Å². The summed E-state index contributed by atoms with van der Waals surface area (Å²) < 4.78 is 10.4. The van der Waals surface area contributed by atoms with Crippen molar-refractivity contribution in [2.75, 3.05) is 0 Å². The Morgan fingerprint density at radius 1 is 0.923 bits per heavy atom. The minimum Gasteiger partial charge on any atom is -0.437 e. The molecule has 1 aliphatic rings. The predicted octanol–water partition coefficient (Wildman–Crippen LogP) is 3.10. The van der Waals surface area contributed by atoms with Gasteiger partial charge in [-0.05, 0) is 18.2 Å². The van der Waals surface area contributed by atoms with Crippen LogP contribution in [-0.2, 0) is 19.9 Å². The molecule has 2 aromatic rings. The summed E-state index contributed by atoms with van der Waals surface area (Å²) in [6, 6.07) is 10.2. The molecule has 0 bridgehead atoms. The number of hydrogen-bond donors (Lipinski definition) is 0. The molecule has 0 saturated carbocycles. The van der Waals surface area contributed by atoms with Gasteiger partial charge in [0.25, 0.3) is 5.60 Å². The Balaban J connectivity index is 2.30. The van der Waals surface area contributed by atoms with Crippen LogP contribution < -0.4 is 4.74 Å². The second-order valence-corrected chi connectivity index (χ2v) is 6.15. The highest BCUT2D eigenvalue weighted by Crippen LogP contribution is 2.45. The Morgan fingerprint density at radius 3 is 2.00 bits per heavy atom. The van der Waals surface area contributed by atoms with Gasteiger partial charge in [0, 0.05) is 30.0 Å². The molecule has 0 amide bonds. The minimum absolute atomic E-state index is 0.0569. The van der Waals surface area contributed by atoms with E-state index in [2.05, 4.69) is 0 Å². The average molecular weight is 373 g/mol. The van der Waals surface area contributed by atoms with E-state index in [1.54, 1.807) is 12.1 Å². The fourth-order valence-electron chi connectivity index (χ4n) is 3.00. The first-order valence-corrected chi connectivity index (χ1v) is 8.02. The fraction of sp³-hybridized carbons (Fsp3) is 0.158. The van der Waals surface area contributed by atoms with E-state index in [4.69, 9.17) is 21.1 Å². The third kappa shape index (κ3) is 2.68. The molecule has 7 heteroatoms. The Morgan fingerprint density at radius 2 is 1.50 bits per heavy atom. The quantitative estimate of drug-likeness (QED) is 0.467. The number of carbonyl (C=O) groups excluding carboxylic acids is 4. The summed E-state index contributed by atoms with van der Waals surface area (Å²) in [6.45, 7) is 2.25. The van der Waals surface area contributed by atoms with Gasteiger partial charge in [0.2, 0.25) is 11.6 Å². The van der Waals surface area contributed by atoms with Crippen molar-refractivity contribution in [3.05, 3.63) is 64.2 Å². The van der Waals surface area contributed by atoms with Crippen LogP contribution in [-0.4, -0.2) is 23.5 Å². The van der Waals surface area contributed by atoms with Gasteiger partial charge in [0.1, 0.15) is 5.75 Å². The van der Waals surface area contributed by atoms with Gasteiger partial charge in [-0.3, -0.25) is 19.2 Å². The monoisotopic (exact) mass is 372 g/mol. The molecule has 0 aromatic heterocycles. The van der Waals surface area contributed by atoms with Crippen LogP contribution in [0.2, 0.25) is 5.02 Å². The highest BCUT2D eigenvalue weighted by molar-refractivity contribution is 6.33. The van der Waals surface area contributed by atoms with Gasteiger partial charge in [0.15, 0.2) is 0 Å². The third-order valence-electron chi connectivity index (χ3n) is 3.93. The number of hydrogen-bond acceptors (Lipinski definition) is 6. The first-order valence-electron chi connectivity index (χ1n) is 7.64. The number of ether oxygens (including phenoxy) is 2. The Labute approximate surface area is 153 Å². The predicted molar refractivity (Wildman–Crippen MR) is 91.3 cm³/mol. The van der Waals surface area contributed by atoms with Crippen molar-refractivity contribution in [3.8, 4) is 5.75 Å². The summed E-state index contributed by atoms with van der Waals surface area (Å²) in [5, 5.41) is 0.221. The van der Waals surface area contributed by atoms with E-state index in [1.165, 1.54) is 30.3 Å². The van der Waals surface area contributed by atoms with Gasteiger partial charge >= 0.3 is 11.9 Å². The van der Waals surface area contributed by atoms with Crippen molar-refractivity contribution < 1.29 is 28.7 Å². The van der Waals surface area contributed by atoms with Crippen molar-refractivity contribution in [2.45, 2.75) is 19.4 Å². The molecule has 0 atom stereocenters. The fourth-order valence-corrected chi connectivity index (χ4v) is 3.16. The molecule has 0 radical (unpaired) electrons. The van der Waals surface area contributed by atoms with Crippen LogP contribution in [0.25, 0.3) is 0 Å². The number of carbonyl (C=O) groups is 4. The topological polar surface area (TPSA) is 86.7 Å². The lowest BCUT2D eigenvalue weighted by atomic mass is 9.87. The molecular weight excluding hydrogens is 360 g/mol. The molecule has 26 heavy (non-hydrogen) atoms. The van der Waals surface area contributed by atoms with Crippen molar-refractivity contribution in [1.82, 2.24) is 0 Å². The van der Waals surface area contributed by atoms with Crippen LogP contribution in [0.5, 0.6) is 5.75 Å². The van der Waals surface area contributed by atoms with Crippen LogP contribution >= 0.6 is 11.6 Å². The summed E-state index contributed by atoms with van der Waals surface area (Å²) in [4.78, 5) is 49.4. The van der Waals surface area contributed by atoms with Crippen LogP contribution in [0.1, 0.15) is 40.1 Å². The van der Waals surface area contributed by atoms with E-state index in [9.17, 15) is 19.2 Å². The zero-order valence-corrected chi connectivity index (χ0v) is 14.6. The van der Waals surface area contributed by atoms with E-state index < -0.39 is 29.1 Å². The van der Waals surface area contributed by atoms with E-state index in [0.717, 1.165) is 13.8 Å². The second kappa shape index (κ2) is 6.38. The largest absolute Gasteiger partial charge is 0.437 e. The molecular formula is C19H13ClO6. The number of Topliss-reactive ketones (excluding diaryl/α,β-unsaturated/α-hetero) is 2. The SMILES string of the molecule is CC(=O)Oc1cc(Cl)ccc1C1(OC(C)=O)C(=O)c2ccccc2C1=O. The molecule has 6 nitrogen and oxygen atoms in total. The van der Waals surface area contributed by atoms with Crippen molar-refractivity contribution in [3.63, 3.8) is 0 Å². The lowest BCUT2D eigenvalue weighted by Gasteiger charge is -2.27. The molecule has 0 spiro atoms. The third-order valence-corrected chi connectivity index (χ3v) is 4.16. The average Bonchev–Trinajstić information content (AvgIpc) is 2.77. The van der Waals surface area contributed by atoms with Crippen LogP contribution in [0.3, 0.4) is 0 Å². The van der Waals surface area contributed by atoms with E-state index in [-0.39, 0.29) is 27.5 Å². The Kier molecular flexibility index (Phi) is 4.38. The maximum atomic E-state index is 13.1. The highest BCUT2D eigenvalue weighted by Gasteiger charge is 2.58. The molecule has 0 heterocycles. The van der Waals surface area contributed by atoms with Crippen LogP contribution in [0.4, 0.5) is 0 Å². The van der Waals surface area contributed by atoms with Crippen LogP contribution in [0, 0.1) is 0 Å². The Bertz CT molecular complexity index is 927. The summed E-state index contributed by atoms with van der Waals surface area (Å²) in [6.07, 6.45) is 0. The lowest BCUT2D eigenvalue weighted by Crippen LogP contribution is -2.43. The molecule has 132 valence electrons. The summed E-state index contributed by atoms with van der Waals surface area (Å²) >= 11 is 5.95. The maximum Gasteiger partial charge on any atom is 0.308 e. The smallest absolute Gasteiger partial charge is 0.308 e. The van der Waals surface area contributed by atoms with Gasteiger partial charge in [-0.25, -0.2) is 0 Å². The van der Waals surface area contributed by atoms with E-state index in [0.29, 0.717) is 0 Å². The first kappa shape index (κ1) is 17.8. The summed E-state index contributed by atoms with van der Waals surface area (Å²) in [5.74, 6) is -3.04.